The molecule has 1 aliphatic heterocycles. The summed E-state index contributed by atoms with van der Waals surface area (Å²) in [6.07, 6.45) is 6.04. The Morgan fingerprint density at radius 3 is 2.24 bits per heavy atom. The molecule has 5 aromatic rings. The van der Waals surface area contributed by atoms with Crippen molar-refractivity contribution in [2.24, 2.45) is 22.2 Å². The number of aromatic nitrogens is 2. The first-order valence-corrected chi connectivity index (χ1v) is 18.9. The third-order valence-corrected chi connectivity index (χ3v) is 10.4. The highest BCUT2D eigenvalue weighted by Gasteiger charge is 2.37. The summed E-state index contributed by atoms with van der Waals surface area (Å²) in [5, 5.41) is 8.77. The normalized spacial score (nSPS) is 17.1. The number of nitrogens with zero attached hydrogens (tertiary/aromatic N) is 4. The van der Waals surface area contributed by atoms with Gasteiger partial charge in [-0.3, -0.25) is 19.4 Å². The van der Waals surface area contributed by atoms with Crippen molar-refractivity contribution < 1.29 is 14.4 Å². The van der Waals surface area contributed by atoms with Crippen LogP contribution in [-0.4, -0.2) is 75.9 Å². The number of benzene rings is 4. The van der Waals surface area contributed by atoms with Crippen LogP contribution in [0.15, 0.2) is 121 Å². The summed E-state index contributed by atoms with van der Waals surface area (Å²) in [5.41, 5.74) is 21.2. The van der Waals surface area contributed by atoms with Crippen molar-refractivity contribution in [3.63, 3.8) is 0 Å². The number of hydrogen-bond donors (Lipinski definition) is 5. The molecule has 1 fully saturated rings. The van der Waals surface area contributed by atoms with Crippen LogP contribution >= 0.6 is 0 Å². The second-order valence-corrected chi connectivity index (χ2v) is 14.3. The molecule has 1 aliphatic rings. The van der Waals surface area contributed by atoms with Gasteiger partial charge in [-0.25, -0.2) is 4.98 Å². The Kier molecular flexibility index (Phi) is 12.9. The Hall–Kier alpha value is -6.01. The molecule has 55 heavy (non-hydrogen) atoms. The van der Waals surface area contributed by atoms with E-state index in [4.69, 9.17) is 17.2 Å². The number of primary amides is 1. The fourth-order valence-corrected chi connectivity index (χ4v) is 7.74. The molecule has 3 amide bonds. The van der Waals surface area contributed by atoms with Gasteiger partial charge in [-0.05, 0) is 53.1 Å². The van der Waals surface area contributed by atoms with Crippen molar-refractivity contribution in [1.82, 2.24) is 25.1 Å². The maximum absolute atomic E-state index is 14.7. The molecule has 1 unspecified atom stereocenters. The van der Waals surface area contributed by atoms with Crippen LogP contribution in [-0.2, 0) is 27.2 Å². The highest BCUT2D eigenvalue weighted by Crippen LogP contribution is 2.31. The van der Waals surface area contributed by atoms with Crippen molar-refractivity contribution in [2.75, 3.05) is 19.6 Å². The number of amides is 3. The van der Waals surface area contributed by atoms with Crippen molar-refractivity contribution in [3.8, 4) is 0 Å². The number of rotatable bonds is 16. The number of imidazole rings is 1. The van der Waals surface area contributed by atoms with E-state index in [1.807, 2.05) is 53.4 Å². The molecular weight excluding hydrogens is 691 g/mol. The van der Waals surface area contributed by atoms with Crippen molar-refractivity contribution in [1.29, 1.82) is 0 Å². The monoisotopic (exact) mass is 741 g/mol. The number of carbonyl (C=O) groups excluding carboxylic acids is 3. The van der Waals surface area contributed by atoms with Crippen molar-refractivity contribution in [2.45, 2.75) is 69.1 Å². The van der Waals surface area contributed by atoms with Crippen LogP contribution in [0.25, 0.3) is 10.8 Å². The minimum atomic E-state index is -0.912. The maximum Gasteiger partial charge on any atom is 0.240 e. The van der Waals surface area contributed by atoms with E-state index in [9.17, 15) is 14.4 Å². The Morgan fingerprint density at radius 1 is 0.909 bits per heavy atom. The van der Waals surface area contributed by atoms with Gasteiger partial charge in [0, 0.05) is 56.8 Å². The van der Waals surface area contributed by atoms with Crippen LogP contribution in [0.1, 0.15) is 60.5 Å². The van der Waals surface area contributed by atoms with E-state index in [2.05, 4.69) is 79.8 Å². The molecule has 0 radical (unpaired) electrons. The SMILES string of the molecule is CC(=O)NC(Cc1cncn1[C@@H](Cc1ccc2ccccc2c1)[C@@H]1CCN(CC(c2ccccc2)c2ccccc2)C(=O)[C@H](CCCN=C(N)N)N1)C(N)=O. The lowest BCUT2D eigenvalue weighted by molar-refractivity contribution is -0.133. The molecule has 0 spiro atoms. The zero-order valence-electron chi connectivity index (χ0n) is 31.3. The van der Waals surface area contributed by atoms with Gasteiger partial charge >= 0.3 is 0 Å². The molecule has 1 aromatic heterocycles. The zero-order chi connectivity index (χ0) is 38.7. The molecule has 0 saturated carbocycles. The zero-order valence-corrected chi connectivity index (χ0v) is 31.3. The van der Waals surface area contributed by atoms with Gasteiger partial charge in [-0.1, -0.05) is 103 Å². The summed E-state index contributed by atoms with van der Waals surface area (Å²) in [6.45, 7) is 2.79. The Balaban J connectivity index is 1.37. The van der Waals surface area contributed by atoms with Gasteiger partial charge in [0.25, 0.3) is 0 Å². The number of hydrogen-bond acceptors (Lipinski definition) is 6. The quantitative estimate of drug-likeness (QED) is 0.0578. The molecule has 12 heteroatoms. The van der Waals surface area contributed by atoms with Gasteiger partial charge in [0.2, 0.25) is 17.7 Å². The first kappa shape index (κ1) is 38.7. The number of aliphatic imine (C=N–C) groups is 1. The number of fused-ring (bicyclic) bond motifs is 1. The van der Waals surface area contributed by atoms with Crippen molar-refractivity contribution in [3.05, 3.63) is 138 Å². The molecule has 286 valence electrons. The summed E-state index contributed by atoms with van der Waals surface area (Å²) in [7, 11) is 0. The Morgan fingerprint density at radius 2 is 1.58 bits per heavy atom. The van der Waals surface area contributed by atoms with E-state index in [0.717, 1.165) is 33.2 Å². The van der Waals surface area contributed by atoms with Crippen LogP contribution in [0.3, 0.4) is 0 Å². The minimum absolute atomic E-state index is 0.0184. The Bertz CT molecular complexity index is 2040. The summed E-state index contributed by atoms with van der Waals surface area (Å²) < 4.78 is 2.08. The largest absolute Gasteiger partial charge is 0.370 e. The second-order valence-electron chi connectivity index (χ2n) is 14.3. The summed E-state index contributed by atoms with van der Waals surface area (Å²) in [6, 6.07) is 33.5. The molecule has 0 bridgehead atoms. The lowest BCUT2D eigenvalue weighted by atomic mass is 9.90. The van der Waals surface area contributed by atoms with E-state index >= 15 is 0 Å². The van der Waals surface area contributed by atoms with Gasteiger partial charge < -0.3 is 37.3 Å². The number of nitrogens with two attached hydrogens (primary N) is 3. The third kappa shape index (κ3) is 10.2. The summed E-state index contributed by atoms with van der Waals surface area (Å²) >= 11 is 0. The lowest BCUT2D eigenvalue weighted by Crippen LogP contribution is -2.49. The second kappa shape index (κ2) is 18.4. The van der Waals surface area contributed by atoms with Crippen LogP contribution in [0.4, 0.5) is 0 Å². The van der Waals surface area contributed by atoms with Crippen LogP contribution in [0.2, 0.25) is 0 Å². The number of nitrogens with one attached hydrogen (secondary N) is 2. The molecule has 4 aromatic carbocycles. The third-order valence-electron chi connectivity index (χ3n) is 10.4. The average molecular weight is 742 g/mol. The van der Waals surface area contributed by atoms with E-state index in [1.165, 1.54) is 6.92 Å². The van der Waals surface area contributed by atoms with E-state index < -0.39 is 18.0 Å². The first-order valence-electron chi connectivity index (χ1n) is 18.9. The van der Waals surface area contributed by atoms with Crippen LogP contribution in [0, 0.1) is 0 Å². The highest BCUT2D eigenvalue weighted by molar-refractivity contribution is 5.86. The van der Waals surface area contributed by atoms with Gasteiger partial charge in [-0.2, -0.15) is 0 Å². The van der Waals surface area contributed by atoms with Crippen LogP contribution in [0.5, 0.6) is 0 Å². The maximum atomic E-state index is 14.7. The van der Waals surface area contributed by atoms with Gasteiger partial charge in [0.1, 0.15) is 6.04 Å². The molecule has 1 saturated heterocycles. The fourth-order valence-electron chi connectivity index (χ4n) is 7.74. The Labute approximate surface area is 322 Å². The molecular formula is C43H51N9O3. The van der Waals surface area contributed by atoms with E-state index in [1.54, 1.807) is 12.5 Å². The highest BCUT2D eigenvalue weighted by atomic mass is 16.2. The minimum Gasteiger partial charge on any atom is -0.370 e. The number of guanidine groups is 1. The molecule has 6 rings (SSSR count). The van der Waals surface area contributed by atoms with E-state index in [-0.39, 0.29) is 42.2 Å². The predicted octanol–water partition coefficient (Wildman–Crippen LogP) is 3.80. The van der Waals surface area contributed by atoms with Gasteiger partial charge in [0.05, 0.1) is 18.4 Å². The summed E-state index contributed by atoms with van der Waals surface area (Å²) in [5.74, 6) is -0.961. The first-order chi connectivity index (χ1) is 26.7. The van der Waals surface area contributed by atoms with Crippen LogP contribution < -0.4 is 27.8 Å². The smallest absolute Gasteiger partial charge is 0.240 e. The average Bonchev–Trinajstić information content (AvgIpc) is 3.58. The molecule has 12 nitrogen and oxygen atoms in total. The molecule has 0 aliphatic carbocycles. The number of carbonyl (C=O) groups is 3. The van der Waals surface area contributed by atoms with Crippen molar-refractivity contribution >= 4 is 34.5 Å². The standard InChI is InChI=1S/C43H51N9O3/c1-29(53)49-39(41(44)54)25-35-26-47-28-52(35)40(24-30-18-19-31-11-8-9-16-34(31)23-30)37-20-22-51(42(55)38(50-37)17-10-21-48-43(45)46)27-36(32-12-4-2-5-13-32)33-14-6-3-7-15-33/h2-9,11-16,18-19,23,26,28,36-40,50H,10,17,20-22,24-25,27H2,1H3,(H2,44,54)(H,49,53)(H4,45,46,48)/t37-,38-,39?,40-/m0/s1. The van der Waals surface area contributed by atoms with Gasteiger partial charge in [0.15, 0.2) is 5.96 Å². The molecule has 2 heterocycles. The van der Waals surface area contributed by atoms with Gasteiger partial charge in [-0.15, -0.1) is 0 Å². The summed E-state index contributed by atoms with van der Waals surface area (Å²) in [4.78, 5) is 49.9. The molecule has 8 N–H and O–H groups in total. The predicted molar refractivity (Wildman–Crippen MR) is 216 cm³/mol. The van der Waals surface area contributed by atoms with E-state index in [0.29, 0.717) is 45.3 Å². The fraction of sp³-hybridized carbons (Fsp3) is 0.326. The molecule has 4 atom stereocenters. The lowest BCUT2D eigenvalue weighted by Gasteiger charge is -2.32. The topological polar surface area (TPSA) is 187 Å².